The second kappa shape index (κ2) is 11.2. The quantitative estimate of drug-likeness (QED) is 0.599. The lowest BCUT2D eigenvalue weighted by Gasteiger charge is -2.40. The summed E-state index contributed by atoms with van der Waals surface area (Å²) in [4.78, 5) is 32.2. The maximum absolute atomic E-state index is 13.3. The summed E-state index contributed by atoms with van der Waals surface area (Å²) >= 11 is 0. The molecule has 0 aliphatic carbocycles. The monoisotopic (exact) mass is 486 g/mol. The molecule has 2 fully saturated rings. The van der Waals surface area contributed by atoms with Gasteiger partial charge in [-0.15, -0.1) is 0 Å². The second-order valence-corrected chi connectivity index (χ2v) is 9.69. The molecule has 4 rings (SSSR count). The zero-order chi connectivity index (χ0) is 24.9. The minimum Gasteiger partial charge on any atom is -0.490 e. The molecule has 35 heavy (non-hydrogen) atoms. The number of halogens is 1. The maximum atomic E-state index is 13.3. The molecule has 8 nitrogen and oxygen atoms in total. The van der Waals surface area contributed by atoms with Crippen molar-refractivity contribution in [3.8, 4) is 5.75 Å². The summed E-state index contributed by atoms with van der Waals surface area (Å²) in [6, 6.07) is 5.95. The van der Waals surface area contributed by atoms with E-state index in [-0.39, 0.29) is 29.7 Å². The molecule has 9 heteroatoms. The largest absolute Gasteiger partial charge is 0.490 e. The molecule has 2 aliphatic heterocycles. The summed E-state index contributed by atoms with van der Waals surface area (Å²) in [6.07, 6.45) is 1.67. The zero-order valence-electron chi connectivity index (χ0n) is 20.8. The van der Waals surface area contributed by atoms with Crippen LogP contribution in [0.1, 0.15) is 36.3 Å². The first-order valence-corrected chi connectivity index (χ1v) is 12.4. The predicted octanol–water partition coefficient (Wildman–Crippen LogP) is 2.82. The minimum atomic E-state index is -0.321. The van der Waals surface area contributed by atoms with E-state index in [1.165, 1.54) is 12.1 Å². The molecule has 190 valence electrons. The van der Waals surface area contributed by atoms with Crippen molar-refractivity contribution in [2.45, 2.75) is 45.6 Å². The van der Waals surface area contributed by atoms with Crippen LogP contribution < -0.4 is 4.74 Å². The van der Waals surface area contributed by atoms with Gasteiger partial charge in [-0.3, -0.25) is 9.59 Å². The summed E-state index contributed by atoms with van der Waals surface area (Å²) in [5, 5.41) is 3.97. The van der Waals surface area contributed by atoms with Crippen LogP contribution in [0.4, 0.5) is 4.39 Å². The fourth-order valence-electron chi connectivity index (χ4n) is 4.93. The molecule has 0 N–H and O–H groups in total. The minimum absolute atomic E-state index is 0.0577. The SMILES string of the molecule is Cc1noc(C)c1CCC(=O)N1CC[C@H](Oc2ccc(F)cc2)[C@@H](CC(=O)N2CCN(C)CC2)C1. The Morgan fingerprint density at radius 3 is 2.43 bits per heavy atom. The molecule has 0 unspecified atom stereocenters. The molecule has 1 aromatic carbocycles. The molecule has 2 saturated heterocycles. The highest BCUT2D eigenvalue weighted by Gasteiger charge is 2.35. The Morgan fingerprint density at radius 1 is 1.06 bits per heavy atom. The summed E-state index contributed by atoms with van der Waals surface area (Å²) in [5.74, 6) is 1.02. The van der Waals surface area contributed by atoms with Gasteiger partial charge in [-0.2, -0.15) is 0 Å². The van der Waals surface area contributed by atoms with Gasteiger partial charge in [-0.05, 0) is 51.6 Å². The van der Waals surface area contributed by atoms with Crippen LogP contribution in [0.5, 0.6) is 5.75 Å². The lowest BCUT2D eigenvalue weighted by molar-refractivity contribution is -0.140. The van der Waals surface area contributed by atoms with E-state index in [1.807, 2.05) is 23.6 Å². The lowest BCUT2D eigenvalue weighted by atomic mass is 9.90. The van der Waals surface area contributed by atoms with Crippen LogP contribution in [0.15, 0.2) is 28.8 Å². The number of carbonyl (C=O) groups is 2. The number of amides is 2. The summed E-state index contributed by atoms with van der Waals surface area (Å²) in [7, 11) is 2.06. The number of aromatic nitrogens is 1. The molecule has 0 radical (unpaired) electrons. The van der Waals surface area contributed by atoms with Gasteiger partial charge in [0.15, 0.2) is 0 Å². The van der Waals surface area contributed by atoms with Gasteiger partial charge in [0, 0.05) is 70.0 Å². The highest BCUT2D eigenvalue weighted by molar-refractivity contribution is 5.78. The van der Waals surface area contributed by atoms with Crippen molar-refractivity contribution in [2.24, 2.45) is 5.92 Å². The molecule has 1 aromatic heterocycles. The van der Waals surface area contributed by atoms with Crippen molar-refractivity contribution in [2.75, 3.05) is 46.3 Å². The molecule has 0 bridgehead atoms. The van der Waals surface area contributed by atoms with Gasteiger partial charge < -0.3 is 24.0 Å². The lowest BCUT2D eigenvalue weighted by Crippen LogP contribution is -2.51. The third-order valence-electron chi connectivity index (χ3n) is 7.18. The Labute approximate surface area is 206 Å². The number of piperazine rings is 1. The summed E-state index contributed by atoms with van der Waals surface area (Å²) < 4.78 is 24.8. The number of hydrogen-bond acceptors (Lipinski definition) is 6. The number of rotatable bonds is 7. The van der Waals surface area contributed by atoms with E-state index in [2.05, 4.69) is 17.1 Å². The average Bonchev–Trinajstić information content (AvgIpc) is 3.17. The van der Waals surface area contributed by atoms with Gasteiger partial charge in [0.05, 0.1) is 5.69 Å². The van der Waals surface area contributed by atoms with Crippen LogP contribution in [0.2, 0.25) is 0 Å². The first-order valence-electron chi connectivity index (χ1n) is 12.4. The Balaban J connectivity index is 1.41. The number of hydrogen-bond donors (Lipinski definition) is 0. The van der Waals surface area contributed by atoms with Crippen molar-refractivity contribution < 1.29 is 23.2 Å². The van der Waals surface area contributed by atoms with E-state index in [0.717, 1.165) is 30.1 Å². The fourth-order valence-corrected chi connectivity index (χ4v) is 4.93. The molecular formula is C26H35FN4O4. The van der Waals surface area contributed by atoms with Gasteiger partial charge in [0.25, 0.3) is 0 Å². The van der Waals surface area contributed by atoms with Crippen molar-refractivity contribution >= 4 is 11.8 Å². The van der Waals surface area contributed by atoms with E-state index >= 15 is 0 Å². The van der Waals surface area contributed by atoms with Crippen LogP contribution in [0.3, 0.4) is 0 Å². The number of likely N-dealkylation sites (tertiary alicyclic amines) is 1. The number of ether oxygens (including phenoxy) is 1. The average molecular weight is 487 g/mol. The first kappa shape index (κ1) is 25.2. The van der Waals surface area contributed by atoms with Gasteiger partial charge in [-0.25, -0.2) is 4.39 Å². The Kier molecular flexibility index (Phi) is 8.05. The van der Waals surface area contributed by atoms with Gasteiger partial charge in [-0.1, -0.05) is 5.16 Å². The standard InChI is InChI=1S/C26H35FN4O4/c1-18-23(19(2)35-28-18)8-9-25(32)31-11-10-24(34-22-6-4-21(27)5-7-22)20(17-31)16-26(33)30-14-12-29(3)13-15-30/h4-7,20,24H,8-17H2,1-3H3/t20-,24-/m0/s1. The molecule has 0 saturated carbocycles. The van der Waals surface area contributed by atoms with E-state index in [4.69, 9.17) is 9.26 Å². The molecule has 2 aromatic rings. The highest BCUT2D eigenvalue weighted by atomic mass is 19.1. The zero-order valence-corrected chi connectivity index (χ0v) is 20.8. The van der Waals surface area contributed by atoms with Gasteiger partial charge >= 0.3 is 0 Å². The number of carbonyl (C=O) groups excluding carboxylic acids is 2. The van der Waals surface area contributed by atoms with E-state index < -0.39 is 0 Å². The van der Waals surface area contributed by atoms with Gasteiger partial charge in [0.2, 0.25) is 11.8 Å². The normalized spacial score (nSPS) is 21.3. The van der Waals surface area contributed by atoms with Crippen molar-refractivity contribution in [1.29, 1.82) is 0 Å². The number of nitrogens with zero attached hydrogens (tertiary/aromatic N) is 4. The number of aryl methyl sites for hydroxylation is 2. The third-order valence-corrected chi connectivity index (χ3v) is 7.18. The molecule has 2 atom stereocenters. The van der Waals surface area contributed by atoms with Gasteiger partial charge in [0.1, 0.15) is 23.4 Å². The number of benzene rings is 1. The third kappa shape index (κ3) is 6.39. The van der Waals surface area contributed by atoms with Crippen molar-refractivity contribution in [1.82, 2.24) is 19.9 Å². The topological polar surface area (TPSA) is 79.1 Å². The first-order chi connectivity index (χ1) is 16.8. The Bertz CT molecular complexity index is 997. The molecule has 0 spiro atoms. The fraction of sp³-hybridized carbons (Fsp3) is 0.577. The van der Waals surface area contributed by atoms with Crippen LogP contribution in [-0.4, -0.2) is 84.1 Å². The Hall–Kier alpha value is -2.94. The smallest absolute Gasteiger partial charge is 0.223 e. The molecule has 2 aliphatic rings. The highest BCUT2D eigenvalue weighted by Crippen LogP contribution is 2.27. The number of likely N-dealkylation sites (N-methyl/N-ethyl adjacent to an activating group) is 1. The van der Waals surface area contributed by atoms with Crippen LogP contribution >= 0.6 is 0 Å². The van der Waals surface area contributed by atoms with Crippen LogP contribution in [0.25, 0.3) is 0 Å². The predicted molar refractivity (Wildman–Crippen MR) is 128 cm³/mol. The van der Waals surface area contributed by atoms with E-state index in [9.17, 15) is 14.0 Å². The second-order valence-electron chi connectivity index (χ2n) is 9.69. The van der Waals surface area contributed by atoms with E-state index in [1.54, 1.807) is 12.1 Å². The molecular weight excluding hydrogens is 451 g/mol. The van der Waals surface area contributed by atoms with Crippen LogP contribution in [0, 0.1) is 25.6 Å². The number of piperidine rings is 1. The molecule has 3 heterocycles. The molecule has 2 amide bonds. The summed E-state index contributed by atoms with van der Waals surface area (Å²) in [6.45, 7) is 7.91. The Morgan fingerprint density at radius 2 is 1.77 bits per heavy atom. The van der Waals surface area contributed by atoms with Crippen molar-refractivity contribution in [3.63, 3.8) is 0 Å². The van der Waals surface area contributed by atoms with Crippen molar-refractivity contribution in [3.05, 3.63) is 47.1 Å². The summed E-state index contributed by atoms with van der Waals surface area (Å²) in [5.41, 5.74) is 1.80. The maximum Gasteiger partial charge on any atom is 0.223 e. The van der Waals surface area contributed by atoms with E-state index in [0.29, 0.717) is 57.6 Å². The van der Waals surface area contributed by atoms with Crippen LogP contribution in [-0.2, 0) is 16.0 Å².